The zero-order valence-electron chi connectivity index (χ0n) is 5.88. The highest BCUT2D eigenvalue weighted by Crippen LogP contribution is 2.36. The van der Waals surface area contributed by atoms with Gasteiger partial charge in [0, 0.05) is 13.3 Å². The van der Waals surface area contributed by atoms with Gasteiger partial charge >= 0.3 is 0 Å². The molecule has 0 N–H and O–H groups in total. The summed E-state index contributed by atoms with van der Waals surface area (Å²) in [5.74, 6) is -0.0982. The quantitative estimate of drug-likeness (QED) is 0.566. The van der Waals surface area contributed by atoms with Gasteiger partial charge in [-0.1, -0.05) is 0 Å². The molecular formula is C5H11O3P. The van der Waals surface area contributed by atoms with Crippen LogP contribution in [0.2, 0.25) is 0 Å². The third-order valence-electron chi connectivity index (χ3n) is 0.579. The van der Waals surface area contributed by atoms with Gasteiger partial charge in [0.1, 0.15) is 6.61 Å². The third-order valence-corrected chi connectivity index (χ3v) is 1.33. The average molecular weight is 150 g/mol. The van der Waals surface area contributed by atoms with E-state index in [1.807, 2.05) is 0 Å². The Morgan fingerprint density at radius 3 is 2.11 bits per heavy atom. The molecule has 0 saturated carbocycles. The Morgan fingerprint density at radius 1 is 1.56 bits per heavy atom. The van der Waals surface area contributed by atoms with E-state index in [-0.39, 0.29) is 12.4 Å². The minimum atomic E-state index is -2.44. The predicted molar refractivity (Wildman–Crippen MR) is 36.1 cm³/mol. The Morgan fingerprint density at radius 2 is 2.00 bits per heavy atom. The fourth-order valence-electron chi connectivity index (χ4n) is 0.246. The molecule has 0 aromatic heterocycles. The molecule has 0 aliphatic rings. The fourth-order valence-corrected chi connectivity index (χ4v) is 0.739. The molecule has 0 spiro atoms. The molecule has 0 aliphatic heterocycles. The van der Waals surface area contributed by atoms with Gasteiger partial charge in [0.05, 0.1) is 0 Å². The number of rotatable bonds is 3. The van der Waals surface area contributed by atoms with Crippen LogP contribution in [0.3, 0.4) is 0 Å². The van der Waals surface area contributed by atoms with Crippen LogP contribution in [-0.4, -0.2) is 25.7 Å². The van der Waals surface area contributed by atoms with E-state index in [9.17, 15) is 9.36 Å². The lowest BCUT2D eigenvalue weighted by molar-refractivity contribution is -0.118. The van der Waals surface area contributed by atoms with Crippen LogP contribution in [0.4, 0.5) is 0 Å². The summed E-state index contributed by atoms with van der Waals surface area (Å²) in [5.41, 5.74) is 0. The van der Waals surface area contributed by atoms with Crippen LogP contribution < -0.4 is 0 Å². The van der Waals surface area contributed by atoms with Crippen LogP contribution in [0.1, 0.15) is 6.92 Å². The van der Waals surface area contributed by atoms with Gasteiger partial charge < -0.3 is 4.52 Å². The van der Waals surface area contributed by atoms with Crippen LogP contribution in [0.15, 0.2) is 0 Å². The molecule has 9 heavy (non-hydrogen) atoms. The van der Waals surface area contributed by atoms with E-state index in [4.69, 9.17) is 4.52 Å². The average Bonchev–Trinajstić information content (AvgIpc) is 1.59. The summed E-state index contributed by atoms with van der Waals surface area (Å²) in [6.45, 7) is 4.33. The van der Waals surface area contributed by atoms with Crippen molar-refractivity contribution >= 4 is 13.2 Å². The van der Waals surface area contributed by atoms with Gasteiger partial charge in [-0.15, -0.1) is 0 Å². The molecule has 0 aliphatic carbocycles. The highest BCUT2D eigenvalue weighted by Gasteiger charge is 2.06. The summed E-state index contributed by atoms with van der Waals surface area (Å²) in [5, 5.41) is 0. The van der Waals surface area contributed by atoms with Gasteiger partial charge in [-0.25, -0.2) is 0 Å². The van der Waals surface area contributed by atoms with Crippen molar-refractivity contribution in [2.24, 2.45) is 0 Å². The maximum atomic E-state index is 10.7. The van der Waals surface area contributed by atoms with Crippen molar-refractivity contribution in [2.45, 2.75) is 6.92 Å². The van der Waals surface area contributed by atoms with E-state index >= 15 is 0 Å². The van der Waals surface area contributed by atoms with Crippen molar-refractivity contribution in [3.63, 3.8) is 0 Å². The maximum absolute atomic E-state index is 10.7. The van der Waals surface area contributed by atoms with Crippen LogP contribution in [0.5, 0.6) is 0 Å². The van der Waals surface area contributed by atoms with Crippen molar-refractivity contribution in [3.8, 4) is 0 Å². The van der Waals surface area contributed by atoms with Crippen molar-refractivity contribution < 1.29 is 13.9 Å². The number of carbonyl (C=O) groups excluding carboxylic acids is 1. The lowest BCUT2D eigenvalue weighted by Gasteiger charge is -2.04. The van der Waals surface area contributed by atoms with Crippen molar-refractivity contribution in [1.29, 1.82) is 0 Å². The summed E-state index contributed by atoms with van der Waals surface area (Å²) in [7, 11) is -2.44. The Kier molecular flexibility index (Phi) is 3.09. The normalized spacial score (nSPS) is 11.4. The van der Waals surface area contributed by atoms with Crippen molar-refractivity contribution in [1.82, 2.24) is 0 Å². The summed E-state index contributed by atoms with van der Waals surface area (Å²) in [6.07, 6.45) is 0. The third kappa shape index (κ3) is 7.86. The van der Waals surface area contributed by atoms with Crippen LogP contribution in [0.25, 0.3) is 0 Å². The predicted octanol–water partition coefficient (Wildman–Crippen LogP) is 1.13. The summed E-state index contributed by atoms with van der Waals surface area (Å²) in [6, 6.07) is 0. The van der Waals surface area contributed by atoms with Gasteiger partial charge in [0.15, 0.2) is 13.2 Å². The molecule has 0 heterocycles. The van der Waals surface area contributed by atoms with E-state index < -0.39 is 7.37 Å². The first-order valence-electron chi connectivity index (χ1n) is 2.61. The Bertz CT molecular complexity index is 146. The molecule has 0 saturated heterocycles. The first-order chi connectivity index (χ1) is 3.92. The molecule has 0 fully saturated rings. The standard InChI is InChI=1S/C5H11O3P/c1-5(6)4-8-9(2,3)7/h4H2,1-3H3. The van der Waals surface area contributed by atoms with Gasteiger partial charge in [0.2, 0.25) is 0 Å². The molecule has 0 aromatic carbocycles. The highest BCUT2D eigenvalue weighted by molar-refractivity contribution is 7.57. The van der Waals surface area contributed by atoms with Gasteiger partial charge in [-0.05, 0) is 6.92 Å². The second-order valence-electron chi connectivity index (χ2n) is 2.23. The SMILES string of the molecule is CC(=O)COP(C)(C)=O. The summed E-state index contributed by atoms with van der Waals surface area (Å²) < 4.78 is 15.4. The van der Waals surface area contributed by atoms with Gasteiger partial charge in [-0.3, -0.25) is 9.36 Å². The van der Waals surface area contributed by atoms with Gasteiger partial charge in [-0.2, -0.15) is 0 Å². The van der Waals surface area contributed by atoms with Crippen LogP contribution in [0, 0.1) is 0 Å². The van der Waals surface area contributed by atoms with Crippen molar-refractivity contribution in [3.05, 3.63) is 0 Å². The maximum Gasteiger partial charge on any atom is 0.197 e. The molecule has 0 atom stereocenters. The fraction of sp³-hybridized carbons (Fsp3) is 0.800. The molecule has 54 valence electrons. The smallest absolute Gasteiger partial charge is 0.197 e. The van der Waals surface area contributed by atoms with Crippen LogP contribution in [-0.2, 0) is 13.9 Å². The second kappa shape index (κ2) is 3.14. The lowest BCUT2D eigenvalue weighted by atomic mass is 10.5. The minimum absolute atomic E-state index is 0.0374. The summed E-state index contributed by atoms with van der Waals surface area (Å²) >= 11 is 0. The molecule has 0 aromatic rings. The number of ketones is 1. The molecule has 0 unspecified atom stereocenters. The van der Waals surface area contributed by atoms with E-state index in [2.05, 4.69) is 0 Å². The van der Waals surface area contributed by atoms with Crippen molar-refractivity contribution in [2.75, 3.05) is 19.9 Å². The topological polar surface area (TPSA) is 43.4 Å². The van der Waals surface area contributed by atoms with E-state index in [0.717, 1.165) is 0 Å². The number of carbonyl (C=O) groups is 1. The highest BCUT2D eigenvalue weighted by atomic mass is 31.2. The zero-order chi connectivity index (χ0) is 7.49. The van der Waals surface area contributed by atoms with E-state index in [1.165, 1.54) is 20.3 Å². The Labute approximate surface area is 54.9 Å². The molecule has 0 amide bonds. The largest absolute Gasteiger partial charge is 0.321 e. The number of hydrogen-bond donors (Lipinski definition) is 0. The van der Waals surface area contributed by atoms with E-state index in [1.54, 1.807) is 0 Å². The summed E-state index contributed by atoms with van der Waals surface area (Å²) in [4.78, 5) is 10.2. The molecule has 3 nitrogen and oxygen atoms in total. The number of Topliss-reactive ketones (excluding diaryl/α,β-unsaturated/α-hetero) is 1. The van der Waals surface area contributed by atoms with Crippen LogP contribution >= 0.6 is 7.37 Å². The first-order valence-corrected chi connectivity index (χ1v) is 5.13. The molecule has 4 heteroatoms. The van der Waals surface area contributed by atoms with E-state index in [0.29, 0.717) is 0 Å². The van der Waals surface area contributed by atoms with Gasteiger partial charge in [0.25, 0.3) is 0 Å². The molecule has 0 radical (unpaired) electrons. The zero-order valence-corrected chi connectivity index (χ0v) is 6.77. The minimum Gasteiger partial charge on any atom is -0.321 e. The Balaban J connectivity index is 3.53. The molecule has 0 rings (SSSR count). The molecule has 0 bridgehead atoms. The first kappa shape index (κ1) is 8.86. The number of hydrogen-bond acceptors (Lipinski definition) is 3. The molecular weight excluding hydrogens is 139 g/mol. The lowest BCUT2D eigenvalue weighted by Crippen LogP contribution is -2.00. The second-order valence-corrected chi connectivity index (χ2v) is 4.99. The monoisotopic (exact) mass is 150 g/mol. The Hall–Kier alpha value is -0.140.